The molecule has 0 amide bonds. The SMILES string of the molecule is C=Cc1ccc(OS(=O)[O-])cc1.[H-].[Rb+]. The van der Waals surface area contributed by atoms with Crippen LogP contribution in [0.2, 0.25) is 0 Å². The van der Waals surface area contributed by atoms with Gasteiger partial charge in [0, 0.05) is 0 Å². The van der Waals surface area contributed by atoms with Gasteiger partial charge in [-0.3, -0.25) is 0 Å². The summed E-state index contributed by atoms with van der Waals surface area (Å²) >= 11 is -2.50. The van der Waals surface area contributed by atoms with Gasteiger partial charge in [0.1, 0.15) is 17.1 Å². The standard InChI is InChI=1S/C8H8O3S.Rb.H/c1-2-7-3-5-8(6-4-7)11-12(9)10;;/h2-6H,1H2,(H,9,10);;/q;+1;-1/p-1. The molecule has 5 heteroatoms. The molecule has 0 aliphatic carbocycles. The topological polar surface area (TPSA) is 49.4 Å². The van der Waals surface area contributed by atoms with Gasteiger partial charge in [0.15, 0.2) is 0 Å². The molecule has 0 spiro atoms. The average Bonchev–Trinajstić information content (AvgIpc) is 2.05. The molecule has 1 rings (SSSR count). The third kappa shape index (κ3) is 5.19. The number of hydrogen-bond donors (Lipinski definition) is 0. The summed E-state index contributed by atoms with van der Waals surface area (Å²) in [4.78, 5) is 0. The Balaban J connectivity index is 0. The van der Waals surface area contributed by atoms with Crippen LogP contribution in [0, 0.1) is 0 Å². The first-order chi connectivity index (χ1) is 5.72. The van der Waals surface area contributed by atoms with Gasteiger partial charge in [-0.05, 0) is 17.7 Å². The summed E-state index contributed by atoms with van der Waals surface area (Å²) in [5.74, 6) is 0.300. The van der Waals surface area contributed by atoms with E-state index in [0.29, 0.717) is 5.75 Å². The monoisotopic (exact) mass is 269 g/mol. The van der Waals surface area contributed by atoms with Crippen molar-refractivity contribution in [1.29, 1.82) is 0 Å². The van der Waals surface area contributed by atoms with Crippen LogP contribution in [-0.2, 0) is 11.4 Å². The largest absolute Gasteiger partial charge is 1.00 e. The number of benzene rings is 1. The third-order valence-electron chi connectivity index (χ3n) is 1.28. The van der Waals surface area contributed by atoms with Gasteiger partial charge in [-0.25, -0.2) is 4.21 Å². The van der Waals surface area contributed by atoms with Crippen molar-refractivity contribution in [3.63, 3.8) is 0 Å². The Kier molecular flexibility index (Phi) is 7.40. The maximum absolute atomic E-state index is 10.1. The van der Waals surface area contributed by atoms with Crippen molar-refractivity contribution >= 4 is 17.4 Å². The zero-order chi connectivity index (χ0) is 8.97. The molecule has 1 atom stereocenters. The van der Waals surface area contributed by atoms with Crippen LogP contribution in [0.25, 0.3) is 6.08 Å². The second-order valence-electron chi connectivity index (χ2n) is 2.06. The fourth-order valence-corrected chi connectivity index (χ4v) is 1.01. The zero-order valence-electron chi connectivity index (χ0n) is 8.23. The predicted molar refractivity (Wildman–Crippen MR) is 47.2 cm³/mol. The molecule has 0 radical (unpaired) electrons. The normalized spacial score (nSPS) is 11.2. The number of hydrogen-bond acceptors (Lipinski definition) is 3. The molecule has 1 aromatic rings. The average molecular weight is 270 g/mol. The molecule has 0 aliphatic rings. The van der Waals surface area contributed by atoms with E-state index < -0.39 is 11.4 Å². The Morgan fingerprint density at radius 2 is 2.00 bits per heavy atom. The van der Waals surface area contributed by atoms with Crippen molar-refractivity contribution in [1.82, 2.24) is 0 Å². The molecule has 66 valence electrons. The number of rotatable bonds is 3. The molecule has 13 heavy (non-hydrogen) atoms. The minimum absolute atomic E-state index is 0. The second-order valence-corrected chi connectivity index (χ2v) is 2.64. The maximum atomic E-state index is 10.1. The van der Waals surface area contributed by atoms with Crippen molar-refractivity contribution in [2.75, 3.05) is 0 Å². The van der Waals surface area contributed by atoms with Crippen molar-refractivity contribution in [3.05, 3.63) is 36.4 Å². The van der Waals surface area contributed by atoms with Crippen molar-refractivity contribution in [2.24, 2.45) is 0 Å². The Bertz CT molecular complexity index is 302. The molecule has 0 heterocycles. The minimum Gasteiger partial charge on any atom is -1.00 e. The first-order valence-electron chi connectivity index (χ1n) is 3.22. The van der Waals surface area contributed by atoms with Gasteiger partial charge in [-0.2, -0.15) is 0 Å². The van der Waals surface area contributed by atoms with Gasteiger partial charge in [0.2, 0.25) is 0 Å². The van der Waals surface area contributed by atoms with E-state index in [-0.39, 0.29) is 59.6 Å². The quantitative estimate of drug-likeness (QED) is 0.636. The van der Waals surface area contributed by atoms with Crippen molar-refractivity contribution < 1.29 is 72.6 Å². The summed E-state index contributed by atoms with van der Waals surface area (Å²) in [5, 5.41) is 0. The molecule has 0 aromatic heterocycles. The Morgan fingerprint density at radius 1 is 1.46 bits per heavy atom. The van der Waals surface area contributed by atoms with Gasteiger partial charge in [0.05, 0.1) is 0 Å². The van der Waals surface area contributed by atoms with E-state index in [2.05, 4.69) is 10.8 Å². The van der Waals surface area contributed by atoms with Crippen LogP contribution in [0.4, 0.5) is 0 Å². The molecule has 0 N–H and O–H groups in total. The summed E-state index contributed by atoms with van der Waals surface area (Å²) in [6.45, 7) is 3.56. The maximum Gasteiger partial charge on any atom is 1.00 e. The molecule has 0 aliphatic heterocycles. The van der Waals surface area contributed by atoms with Gasteiger partial charge in [-0.1, -0.05) is 24.8 Å². The van der Waals surface area contributed by atoms with E-state index in [0.717, 1.165) is 5.56 Å². The van der Waals surface area contributed by atoms with Crippen LogP contribution in [0.5, 0.6) is 5.75 Å². The molecule has 0 saturated carbocycles. The van der Waals surface area contributed by atoms with Crippen LogP contribution in [0.3, 0.4) is 0 Å². The van der Waals surface area contributed by atoms with E-state index in [1.165, 1.54) is 0 Å². The van der Waals surface area contributed by atoms with E-state index in [1.807, 2.05) is 0 Å². The smallest absolute Gasteiger partial charge is 1.00 e. The Morgan fingerprint density at radius 3 is 2.38 bits per heavy atom. The van der Waals surface area contributed by atoms with E-state index in [4.69, 9.17) is 0 Å². The first kappa shape index (κ1) is 13.7. The van der Waals surface area contributed by atoms with E-state index in [1.54, 1.807) is 30.3 Å². The molecule has 0 fully saturated rings. The van der Waals surface area contributed by atoms with E-state index in [9.17, 15) is 8.76 Å². The fraction of sp³-hybridized carbons (Fsp3) is 0. The molecule has 1 aromatic carbocycles. The minimum atomic E-state index is -2.50. The van der Waals surface area contributed by atoms with E-state index >= 15 is 0 Å². The Labute approximate surface area is 130 Å². The van der Waals surface area contributed by atoms with Crippen LogP contribution < -0.4 is 62.4 Å². The first-order valence-corrected chi connectivity index (χ1v) is 4.22. The summed E-state index contributed by atoms with van der Waals surface area (Å²) in [6, 6.07) is 6.56. The van der Waals surface area contributed by atoms with Gasteiger partial charge < -0.3 is 10.2 Å². The molecular weight excluding hydrogens is 262 g/mol. The van der Waals surface area contributed by atoms with Crippen LogP contribution in [0.1, 0.15) is 6.99 Å². The van der Waals surface area contributed by atoms with Gasteiger partial charge >= 0.3 is 58.2 Å². The molecule has 0 saturated heterocycles. The summed E-state index contributed by atoms with van der Waals surface area (Å²) in [7, 11) is 0. The van der Waals surface area contributed by atoms with Crippen LogP contribution >= 0.6 is 0 Å². The second kappa shape index (κ2) is 7.03. The van der Waals surface area contributed by atoms with Crippen molar-refractivity contribution in [3.8, 4) is 5.75 Å². The summed E-state index contributed by atoms with van der Waals surface area (Å²) in [5.41, 5.74) is 0.916. The zero-order valence-corrected chi connectivity index (χ0v) is 13.0. The van der Waals surface area contributed by atoms with Crippen LogP contribution in [-0.4, -0.2) is 8.76 Å². The molecule has 3 nitrogen and oxygen atoms in total. The fourth-order valence-electron chi connectivity index (χ4n) is 0.738. The molecule has 1 unspecified atom stereocenters. The predicted octanol–water partition coefficient (Wildman–Crippen LogP) is -1.38. The summed E-state index contributed by atoms with van der Waals surface area (Å²) in [6.07, 6.45) is 1.66. The van der Waals surface area contributed by atoms with Crippen LogP contribution in [0.15, 0.2) is 30.8 Å². The summed E-state index contributed by atoms with van der Waals surface area (Å²) < 4.78 is 24.6. The van der Waals surface area contributed by atoms with Crippen molar-refractivity contribution in [2.45, 2.75) is 0 Å². The Hall–Kier alpha value is 0.675. The van der Waals surface area contributed by atoms with Gasteiger partial charge in [0.25, 0.3) is 0 Å². The molecule has 0 bridgehead atoms. The van der Waals surface area contributed by atoms with Gasteiger partial charge in [-0.15, -0.1) is 0 Å². The third-order valence-corrected chi connectivity index (χ3v) is 1.61. The molecular formula is C8H8O3RbS-.